The first-order valence-electron chi connectivity index (χ1n) is 9.70. The zero-order valence-electron chi connectivity index (χ0n) is 17.1. The highest BCUT2D eigenvalue weighted by Crippen LogP contribution is 2.21. The molecule has 0 bridgehead atoms. The van der Waals surface area contributed by atoms with Crippen LogP contribution < -0.4 is 4.90 Å². The van der Waals surface area contributed by atoms with Crippen molar-refractivity contribution in [1.29, 1.82) is 10.7 Å². The Kier molecular flexibility index (Phi) is 8.69. The van der Waals surface area contributed by atoms with E-state index in [1.165, 1.54) is 0 Å². The van der Waals surface area contributed by atoms with Gasteiger partial charge in [-0.15, -0.1) is 0 Å². The summed E-state index contributed by atoms with van der Waals surface area (Å²) in [5.74, 6) is -2.68. The zero-order valence-corrected chi connectivity index (χ0v) is 17.8. The summed E-state index contributed by atoms with van der Waals surface area (Å²) in [6.07, 6.45) is 1.16. The maximum absolute atomic E-state index is 12.5. The number of hydrogen-bond donors (Lipinski definition) is 1. The number of nitrogens with zero attached hydrogens (tertiary/aromatic N) is 3. The minimum Gasteiger partial charge on any atom is -0.465 e. The Morgan fingerprint density at radius 3 is 2.30 bits per heavy atom. The van der Waals surface area contributed by atoms with Crippen molar-refractivity contribution in [3.8, 4) is 6.07 Å². The Morgan fingerprint density at radius 1 is 1.17 bits per heavy atom. The summed E-state index contributed by atoms with van der Waals surface area (Å²) in [4.78, 5) is 28.3. The number of halogens is 1. The van der Waals surface area contributed by atoms with Crippen molar-refractivity contribution >= 4 is 35.1 Å². The Labute approximate surface area is 181 Å². The number of benzene rings is 1. The van der Waals surface area contributed by atoms with Gasteiger partial charge in [-0.25, -0.2) is 4.79 Å². The first kappa shape index (κ1) is 23.2. The van der Waals surface area contributed by atoms with Crippen LogP contribution in [0, 0.1) is 22.7 Å². The third kappa shape index (κ3) is 5.97. The molecule has 1 unspecified atom stereocenters. The third-order valence-electron chi connectivity index (χ3n) is 4.60. The number of nitrogens with one attached hydrogen (secondary N) is 1. The second-order valence-corrected chi connectivity index (χ2v) is 6.91. The number of amidine groups is 1. The van der Waals surface area contributed by atoms with E-state index >= 15 is 0 Å². The number of nitriles is 1. The van der Waals surface area contributed by atoms with Crippen LogP contribution in [0.25, 0.3) is 0 Å². The molecule has 1 N–H and O–H groups in total. The molecule has 1 aromatic carbocycles. The number of hydrogen-bond acceptors (Lipinski definition) is 7. The maximum Gasteiger partial charge on any atom is 0.348 e. The van der Waals surface area contributed by atoms with Gasteiger partial charge in [0.15, 0.2) is 0 Å². The molecule has 8 nitrogen and oxygen atoms in total. The van der Waals surface area contributed by atoms with E-state index in [1.807, 2.05) is 24.3 Å². The molecule has 0 aliphatic carbocycles. The van der Waals surface area contributed by atoms with Crippen LogP contribution in [0.4, 0.5) is 5.69 Å². The minimum atomic E-state index is -1.16. The number of rotatable bonds is 7. The third-order valence-corrected chi connectivity index (χ3v) is 4.85. The lowest BCUT2D eigenvalue weighted by atomic mass is 10.0. The Morgan fingerprint density at radius 2 is 1.77 bits per heavy atom. The highest BCUT2D eigenvalue weighted by Gasteiger charge is 2.31. The summed E-state index contributed by atoms with van der Waals surface area (Å²) < 4.78 is 9.92. The molecule has 160 valence electrons. The second kappa shape index (κ2) is 11.2. The van der Waals surface area contributed by atoms with E-state index in [1.54, 1.807) is 24.8 Å². The van der Waals surface area contributed by atoms with E-state index in [0.29, 0.717) is 31.2 Å². The quantitative estimate of drug-likeness (QED) is 0.232. The second-order valence-electron chi connectivity index (χ2n) is 6.48. The SMILES string of the molecule is CCOC(=O)/C(C#N)=C/C(C(=N)N1CCN(c2ccc(Cl)cc2)CC1)C(=O)OCC. The highest BCUT2D eigenvalue weighted by atomic mass is 35.5. The van der Waals surface area contributed by atoms with Crippen molar-refractivity contribution in [2.75, 3.05) is 44.3 Å². The summed E-state index contributed by atoms with van der Waals surface area (Å²) in [6.45, 7) is 5.81. The van der Waals surface area contributed by atoms with E-state index in [2.05, 4.69) is 4.90 Å². The molecule has 1 saturated heterocycles. The van der Waals surface area contributed by atoms with E-state index in [4.69, 9.17) is 26.5 Å². The van der Waals surface area contributed by atoms with Crippen molar-refractivity contribution in [3.63, 3.8) is 0 Å². The summed E-state index contributed by atoms with van der Waals surface area (Å²) in [6, 6.07) is 9.27. The largest absolute Gasteiger partial charge is 0.465 e. The van der Waals surface area contributed by atoms with Crippen LogP contribution in [0.2, 0.25) is 5.02 Å². The van der Waals surface area contributed by atoms with Crippen LogP contribution in [-0.2, 0) is 19.1 Å². The number of carbonyl (C=O) groups is 2. The molecule has 0 amide bonds. The van der Waals surface area contributed by atoms with E-state index < -0.39 is 17.9 Å². The average molecular weight is 433 g/mol. The van der Waals surface area contributed by atoms with Gasteiger partial charge in [-0.05, 0) is 44.2 Å². The molecular formula is C21H25ClN4O4. The average Bonchev–Trinajstić information content (AvgIpc) is 2.75. The monoisotopic (exact) mass is 432 g/mol. The zero-order chi connectivity index (χ0) is 22.1. The van der Waals surface area contributed by atoms with Gasteiger partial charge in [0, 0.05) is 36.9 Å². The minimum absolute atomic E-state index is 0.0127. The fraction of sp³-hybridized carbons (Fsp3) is 0.429. The molecule has 2 rings (SSSR count). The molecule has 0 spiro atoms. The molecule has 9 heteroatoms. The lowest BCUT2D eigenvalue weighted by molar-refractivity contribution is -0.144. The molecule has 1 aromatic rings. The van der Waals surface area contributed by atoms with Crippen LogP contribution >= 0.6 is 11.6 Å². The van der Waals surface area contributed by atoms with Crippen LogP contribution in [0.3, 0.4) is 0 Å². The molecule has 1 fully saturated rings. The van der Waals surface area contributed by atoms with Crippen LogP contribution in [0.5, 0.6) is 0 Å². The smallest absolute Gasteiger partial charge is 0.348 e. The van der Waals surface area contributed by atoms with Gasteiger partial charge in [0.2, 0.25) is 0 Å². The van der Waals surface area contributed by atoms with Crippen LogP contribution in [0.15, 0.2) is 35.9 Å². The molecule has 0 aromatic heterocycles. The Bertz CT molecular complexity index is 840. The van der Waals surface area contributed by atoms with Gasteiger partial charge in [0.05, 0.1) is 13.2 Å². The predicted octanol–water partition coefficient (Wildman–Crippen LogP) is 2.63. The summed E-state index contributed by atoms with van der Waals surface area (Å²) in [5, 5.41) is 18.5. The van der Waals surface area contributed by atoms with Crippen molar-refractivity contribution in [3.05, 3.63) is 40.9 Å². The number of esters is 2. The summed E-state index contributed by atoms with van der Waals surface area (Å²) in [5.41, 5.74) is 0.709. The van der Waals surface area contributed by atoms with Crippen molar-refractivity contribution in [1.82, 2.24) is 4.90 Å². The number of piperazine rings is 1. The first-order chi connectivity index (χ1) is 14.4. The van der Waals surface area contributed by atoms with E-state index in [0.717, 1.165) is 11.8 Å². The molecular weight excluding hydrogens is 408 g/mol. The normalized spacial score (nSPS) is 15.2. The maximum atomic E-state index is 12.5. The number of anilines is 1. The van der Waals surface area contributed by atoms with Gasteiger partial charge in [-0.3, -0.25) is 10.2 Å². The van der Waals surface area contributed by atoms with E-state index in [-0.39, 0.29) is 24.6 Å². The highest BCUT2D eigenvalue weighted by molar-refractivity contribution is 6.30. The van der Waals surface area contributed by atoms with Gasteiger partial charge >= 0.3 is 11.9 Å². The summed E-state index contributed by atoms with van der Waals surface area (Å²) in [7, 11) is 0. The van der Waals surface area contributed by atoms with Gasteiger partial charge in [0.1, 0.15) is 23.4 Å². The number of carbonyl (C=O) groups excluding carboxylic acids is 2. The molecule has 1 aliphatic heterocycles. The van der Waals surface area contributed by atoms with Crippen LogP contribution in [0.1, 0.15) is 13.8 Å². The van der Waals surface area contributed by atoms with Crippen molar-refractivity contribution in [2.24, 2.45) is 5.92 Å². The Hall–Kier alpha value is -3.05. The Balaban J connectivity index is 2.14. The van der Waals surface area contributed by atoms with Gasteiger partial charge in [-0.1, -0.05) is 11.6 Å². The van der Waals surface area contributed by atoms with Gasteiger partial charge in [0.25, 0.3) is 0 Å². The lowest BCUT2D eigenvalue weighted by Crippen LogP contribution is -2.51. The molecule has 0 saturated carbocycles. The molecule has 1 aliphatic rings. The molecule has 0 radical (unpaired) electrons. The van der Waals surface area contributed by atoms with E-state index in [9.17, 15) is 14.9 Å². The summed E-state index contributed by atoms with van der Waals surface area (Å²) >= 11 is 5.94. The van der Waals surface area contributed by atoms with Gasteiger partial charge < -0.3 is 19.3 Å². The molecule has 1 heterocycles. The topological polar surface area (TPSA) is 107 Å². The van der Waals surface area contributed by atoms with Crippen molar-refractivity contribution < 1.29 is 19.1 Å². The number of ether oxygens (including phenoxy) is 2. The molecule has 30 heavy (non-hydrogen) atoms. The van der Waals surface area contributed by atoms with Crippen LogP contribution in [-0.4, -0.2) is 62.1 Å². The molecule has 1 atom stereocenters. The van der Waals surface area contributed by atoms with Gasteiger partial charge in [-0.2, -0.15) is 5.26 Å². The fourth-order valence-electron chi connectivity index (χ4n) is 3.07. The fourth-order valence-corrected chi connectivity index (χ4v) is 3.20. The lowest BCUT2D eigenvalue weighted by Gasteiger charge is -2.38. The predicted molar refractivity (Wildman–Crippen MR) is 113 cm³/mol. The van der Waals surface area contributed by atoms with Crippen molar-refractivity contribution in [2.45, 2.75) is 13.8 Å². The standard InChI is InChI=1S/C21H25ClN4O4/c1-3-29-20(27)15(14-23)13-18(21(28)30-4-2)19(24)26-11-9-25(10-12-26)17-7-5-16(22)6-8-17/h5-8,13,18,24H,3-4,9-12H2,1-2H3/b15-13+,24-19?. The first-order valence-corrected chi connectivity index (χ1v) is 10.1.